The zero-order chi connectivity index (χ0) is 28.2. The molecular weight excluding hydrogens is 505 g/mol. The summed E-state index contributed by atoms with van der Waals surface area (Å²) in [6, 6.07) is 28.2. The Bertz CT molecular complexity index is 1570. The summed E-state index contributed by atoms with van der Waals surface area (Å²) < 4.78 is 13.8. The van der Waals surface area contributed by atoms with Crippen molar-refractivity contribution in [1.29, 1.82) is 0 Å². The summed E-state index contributed by atoms with van der Waals surface area (Å²) in [6.07, 6.45) is -1.24. The number of nitrogens with zero attached hydrogens (tertiary/aromatic N) is 1. The lowest BCUT2D eigenvalue weighted by Crippen LogP contribution is -2.45. The second-order valence-electron chi connectivity index (χ2n) is 9.95. The van der Waals surface area contributed by atoms with Crippen LogP contribution in [-0.4, -0.2) is 35.4 Å². The van der Waals surface area contributed by atoms with Crippen LogP contribution in [0.2, 0.25) is 0 Å². The predicted octanol–water partition coefficient (Wildman–Crippen LogP) is 5.23. The Morgan fingerprint density at radius 1 is 0.925 bits per heavy atom. The number of carbonyl (C=O) groups excluding carboxylic acids is 2. The van der Waals surface area contributed by atoms with Crippen LogP contribution in [0.3, 0.4) is 0 Å². The van der Waals surface area contributed by atoms with Crippen molar-refractivity contribution in [2.45, 2.75) is 31.8 Å². The SMILES string of the molecule is Cc1ccc([C@H](CO)C(C(=O)N[C@H]2N=C(c3ccccc3)c3ccccc3NC2=O)c2ccc(F)cc2)cc1C. The highest BCUT2D eigenvalue weighted by Crippen LogP contribution is 2.35. The molecule has 1 unspecified atom stereocenters. The summed E-state index contributed by atoms with van der Waals surface area (Å²) in [5, 5.41) is 16.2. The second kappa shape index (κ2) is 11.6. The normalized spacial score (nSPS) is 16.1. The summed E-state index contributed by atoms with van der Waals surface area (Å²) in [6.45, 7) is 3.62. The third-order valence-corrected chi connectivity index (χ3v) is 7.34. The quantitative estimate of drug-likeness (QED) is 0.303. The number of aliphatic imine (C=N–C) groups is 1. The van der Waals surface area contributed by atoms with Gasteiger partial charge in [-0.1, -0.05) is 78.9 Å². The molecule has 0 bridgehead atoms. The van der Waals surface area contributed by atoms with Gasteiger partial charge in [0.25, 0.3) is 5.91 Å². The van der Waals surface area contributed by atoms with Gasteiger partial charge in [0.1, 0.15) is 5.82 Å². The van der Waals surface area contributed by atoms with Crippen LogP contribution < -0.4 is 10.6 Å². The van der Waals surface area contributed by atoms with E-state index < -0.39 is 35.6 Å². The molecule has 0 aromatic heterocycles. The number of halogens is 1. The smallest absolute Gasteiger partial charge is 0.269 e. The number of benzene rings is 4. The van der Waals surface area contributed by atoms with Crippen molar-refractivity contribution in [2.75, 3.05) is 11.9 Å². The Hall–Kier alpha value is -4.62. The molecule has 0 spiro atoms. The molecule has 0 fully saturated rings. The lowest BCUT2D eigenvalue weighted by Gasteiger charge is -2.27. The van der Waals surface area contributed by atoms with E-state index >= 15 is 0 Å². The third kappa shape index (κ3) is 5.55. The molecule has 40 heavy (non-hydrogen) atoms. The van der Waals surface area contributed by atoms with Crippen molar-refractivity contribution < 1.29 is 19.1 Å². The molecule has 5 rings (SSSR count). The third-order valence-electron chi connectivity index (χ3n) is 7.34. The van der Waals surface area contributed by atoms with Gasteiger partial charge in [-0.25, -0.2) is 9.38 Å². The first kappa shape index (κ1) is 27.0. The van der Waals surface area contributed by atoms with E-state index in [1.165, 1.54) is 24.3 Å². The number of anilines is 1. The number of fused-ring (bicyclic) bond motifs is 1. The molecule has 1 aliphatic heterocycles. The van der Waals surface area contributed by atoms with E-state index in [1.54, 1.807) is 6.07 Å². The monoisotopic (exact) mass is 535 g/mol. The van der Waals surface area contributed by atoms with Gasteiger partial charge in [0.15, 0.2) is 0 Å². The standard InChI is InChI=1S/C33H30FN3O3/c1-20-12-13-24(18-21(20)2)27(19-38)29(22-14-16-25(34)17-15-22)32(39)37-31-33(40)35-28-11-7-6-10-26(28)30(36-31)23-8-4-3-5-9-23/h3-18,27,29,31,38H,19H2,1-2H3,(H,35,40)(H,37,39)/t27-,29?,31+/m0/s1. The van der Waals surface area contributed by atoms with E-state index in [4.69, 9.17) is 4.99 Å². The van der Waals surface area contributed by atoms with Crippen molar-refractivity contribution >= 4 is 23.2 Å². The van der Waals surface area contributed by atoms with E-state index in [2.05, 4.69) is 10.6 Å². The molecule has 0 saturated heterocycles. The average molecular weight is 536 g/mol. The van der Waals surface area contributed by atoms with Crippen LogP contribution in [0.15, 0.2) is 102 Å². The Kier molecular flexibility index (Phi) is 7.84. The van der Waals surface area contributed by atoms with Crippen LogP contribution in [0.1, 0.15) is 45.2 Å². The minimum absolute atomic E-state index is 0.335. The molecule has 6 nitrogen and oxygen atoms in total. The fourth-order valence-corrected chi connectivity index (χ4v) is 5.04. The van der Waals surface area contributed by atoms with Gasteiger partial charge in [-0.05, 0) is 54.3 Å². The van der Waals surface area contributed by atoms with Gasteiger partial charge in [0, 0.05) is 17.0 Å². The Labute approximate surface area is 232 Å². The summed E-state index contributed by atoms with van der Waals surface area (Å²) in [7, 11) is 0. The van der Waals surface area contributed by atoms with Gasteiger partial charge in [0.05, 0.1) is 23.9 Å². The second-order valence-corrected chi connectivity index (χ2v) is 9.95. The number of nitrogens with one attached hydrogen (secondary N) is 2. The van der Waals surface area contributed by atoms with Crippen LogP contribution in [0.4, 0.5) is 10.1 Å². The fourth-order valence-electron chi connectivity index (χ4n) is 5.04. The van der Waals surface area contributed by atoms with Crippen LogP contribution in [0.25, 0.3) is 0 Å². The predicted molar refractivity (Wildman–Crippen MR) is 154 cm³/mol. The van der Waals surface area contributed by atoms with Crippen molar-refractivity contribution in [1.82, 2.24) is 5.32 Å². The highest BCUT2D eigenvalue weighted by molar-refractivity contribution is 6.19. The molecule has 3 N–H and O–H groups in total. The minimum Gasteiger partial charge on any atom is -0.396 e. The first-order chi connectivity index (χ1) is 19.4. The van der Waals surface area contributed by atoms with Gasteiger partial charge in [-0.3, -0.25) is 9.59 Å². The number of rotatable bonds is 7. The summed E-state index contributed by atoms with van der Waals surface area (Å²) >= 11 is 0. The first-order valence-corrected chi connectivity index (χ1v) is 13.1. The Morgan fingerprint density at radius 3 is 2.30 bits per heavy atom. The van der Waals surface area contributed by atoms with Gasteiger partial charge < -0.3 is 15.7 Å². The van der Waals surface area contributed by atoms with E-state index in [0.29, 0.717) is 17.0 Å². The van der Waals surface area contributed by atoms with E-state index in [9.17, 15) is 19.1 Å². The zero-order valence-corrected chi connectivity index (χ0v) is 22.3. The Balaban J connectivity index is 1.55. The maximum absolute atomic E-state index is 14.0. The minimum atomic E-state index is -1.24. The van der Waals surface area contributed by atoms with Gasteiger partial charge >= 0.3 is 0 Å². The molecule has 1 heterocycles. The van der Waals surface area contributed by atoms with Crippen molar-refractivity contribution in [3.8, 4) is 0 Å². The van der Waals surface area contributed by atoms with Crippen LogP contribution in [0, 0.1) is 19.7 Å². The van der Waals surface area contributed by atoms with E-state index in [1.807, 2.05) is 80.6 Å². The molecule has 0 saturated carbocycles. The number of benzodiazepines with no additional fused rings is 1. The average Bonchev–Trinajstić information content (AvgIpc) is 3.10. The molecule has 4 aromatic rings. The number of aryl methyl sites for hydroxylation is 2. The Morgan fingerprint density at radius 2 is 1.60 bits per heavy atom. The molecular formula is C33H30FN3O3. The maximum Gasteiger partial charge on any atom is 0.269 e. The number of aliphatic hydroxyl groups is 1. The number of aliphatic hydroxyl groups excluding tert-OH is 1. The van der Waals surface area contributed by atoms with Gasteiger partial charge in [-0.2, -0.15) is 0 Å². The van der Waals surface area contributed by atoms with E-state index in [0.717, 1.165) is 27.8 Å². The summed E-state index contributed by atoms with van der Waals surface area (Å²) in [5.41, 5.74) is 6.06. The lowest BCUT2D eigenvalue weighted by atomic mass is 9.80. The van der Waals surface area contributed by atoms with Crippen molar-refractivity contribution in [2.24, 2.45) is 4.99 Å². The number of carbonyl (C=O) groups is 2. The molecule has 202 valence electrons. The van der Waals surface area contributed by atoms with Gasteiger partial charge in [-0.15, -0.1) is 0 Å². The zero-order valence-electron chi connectivity index (χ0n) is 22.3. The maximum atomic E-state index is 14.0. The number of amides is 2. The van der Waals surface area contributed by atoms with E-state index in [-0.39, 0.29) is 6.61 Å². The molecule has 0 aliphatic carbocycles. The van der Waals surface area contributed by atoms with Gasteiger partial charge in [0.2, 0.25) is 12.1 Å². The topological polar surface area (TPSA) is 90.8 Å². The van der Waals surface area contributed by atoms with Crippen molar-refractivity contribution in [3.05, 3.63) is 136 Å². The van der Waals surface area contributed by atoms with Crippen molar-refractivity contribution in [3.63, 3.8) is 0 Å². The fraction of sp³-hybridized carbons (Fsp3) is 0.182. The van der Waals surface area contributed by atoms with Crippen LogP contribution in [-0.2, 0) is 9.59 Å². The first-order valence-electron chi connectivity index (χ1n) is 13.1. The molecule has 4 aromatic carbocycles. The summed E-state index contributed by atoms with van der Waals surface area (Å²) in [5.74, 6) is -3.00. The number of hydrogen-bond acceptors (Lipinski definition) is 4. The summed E-state index contributed by atoms with van der Waals surface area (Å²) in [4.78, 5) is 32.1. The molecule has 1 aliphatic rings. The lowest BCUT2D eigenvalue weighted by molar-refractivity contribution is -0.127. The molecule has 3 atom stereocenters. The number of para-hydroxylation sites is 1. The highest BCUT2D eigenvalue weighted by Gasteiger charge is 2.35. The highest BCUT2D eigenvalue weighted by atomic mass is 19.1. The molecule has 0 radical (unpaired) electrons. The molecule has 7 heteroatoms. The number of hydrogen-bond donors (Lipinski definition) is 3. The molecule has 2 amide bonds. The largest absolute Gasteiger partial charge is 0.396 e. The van der Waals surface area contributed by atoms with Crippen LogP contribution in [0.5, 0.6) is 0 Å². The van der Waals surface area contributed by atoms with Crippen LogP contribution >= 0.6 is 0 Å².